The highest BCUT2D eigenvalue weighted by molar-refractivity contribution is 5.94. The van der Waals surface area contributed by atoms with Gasteiger partial charge < -0.3 is 19.7 Å². The molecule has 2 fully saturated rings. The Morgan fingerprint density at radius 1 is 1.42 bits per heavy atom. The fourth-order valence-corrected chi connectivity index (χ4v) is 3.68. The van der Waals surface area contributed by atoms with Crippen molar-refractivity contribution in [3.8, 4) is 0 Å². The van der Waals surface area contributed by atoms with E-state index in [9.17, 15) is 9.59 Å². The van der Waals surface area contributed by atoms with E-state index in [2.05, 4.69) is 16.3 Å². The highest BCUT2D eigenvalue weighted by Crippen LogP contribution is 2.40. The Morgan fingerprint density at radius 2 is 2.21 bits per heavy atom. The lowest BCUT2D eigenvalue weighted by molar-refractivity contribution is -0.119. The normalized spacial score (nSPS) is 25.2. The number of methoxy groups -OCH3 is 1. The number of carbonyl (C=O) groups is 2. The Kier molecular flexibility index (Phi) is 3.60. The van der Waals surface area contributed by atoms with Crippen molar-refractivity contribution in [3.05, 3.63) is 23.8 Å². The van der Waals surface area contributed by atoms with Crippen LogP contribution in [0.4, 0.5) is 16.2 Å². The minimum absolute atomic E-state index is 0.0438. The summed E-state index contributed by atoms with van der Waals surface area (Å²) < 4.78 is 10.7. The van der Waals surface area contributed by atoms with Gasteiger partial charge in [-0.05, 0) is 30.2 Å². The van der Waals surface area contributed by atoms with Gasteiger partial charge in [0, 0.05) is 32.8 Å². The van der Waals surface area contributed by atoms with Crippen molar-refractivity contribution in [2.24, 2.45) is 0 Å². The number of anilines is 2. The van der Waals surface area contributed by atoms with Crippen molar-refractivity contribution < 1.29 is 19.1 Å². The maximum absolute atomic E-state index is 12.2. The van der Waals surface area contributed by atoms with Crippen LogP contribution in [0.25, 0.3) is 0 Å². The Hall–Kier alpha value is -2.28. The molecular formula is C17H21N3O4. The van der Waals surface area contributed by atoms with Crippen molar-refractivity contribution >= 4 is 23.4 Å². The summed E-state index contributed by atoms with van der Waals surface area (Å²) in [4.78, 5) is 27.3. The number of ether oxygens (including phenoxy) is 2. The van der Waals surface area contributed by atoms with Crippen LogP contribution in [-0.4, -0.2) is 57.0 Å². The molecule has 128 valence electrons. The van der Waals surface area contributed by atoms with Crippen molar-refractivity contribution in [1.82, 2.24) is 5.32 Å². The largest absolute Gasteiger partial charge is 0.442 e. The minimum Gasteiger partial charge on any atom is -0.442 e. The molecule has 3 aliphatic rings. The highest BCUT2D eigenvalue weighted by Gasteiger charge is 2.47. The lowest BCUT2D eigenvalue weighted by Crippen LogP contribution is -2.51. The quantitative estimate of drug-likeness (QED) is 0.888. The third-order valence-corrected chi connectivity index (χ3v) is 5.06. The zero-order chi connectivity index (χ0) is 16.8. The number of cyclic esters (lactones) is 1. The van der Waals surface area contributed by atoms with Gasteiger partial charge in [-0.1, -0.05) is 0 Å². The second kappa shape index (κ2) is 5.66. The maximum Gasteiger partial charge on any atom is 0.415 e. The molecule has 0 bridgehead atoms. The lowest BCUT2D eigenvalue weighted by Gasteiger charge is -2.40. The van der Waals surface area contributed by atoms with E-state index in [0.717, 1.165) is 36.4 Å². The molecule has 1 aromatic rings. The maximum atomic E-state index is 12.2. The summed E-state index contributed by atoms with van der Waals surface area (Å²) in [7, 11) is 1.74. The minimum atomic E-state index is -0.328. The molecule has 1 unspecified atom stereocenters. The van der Waals surface area contributed by atoms with E-state index in [1.54, 1.807) is 12.0 Å². The van der Waals surface area contributed by atoms with E-state index in [1.165, 1.54) is 6.92 Å². The Bertz CT molecular complexity index is 686. The molecule has 1 N–H and O–H groups in total. The molecule has 3 aliphatic heterocycles. The van der Waals surface area contributed by atoms with Crippen LogP contribution in [0.2, 0.25) is 0 Å². The molecule has 0 spiro atoms. The number of carbonyl (C=O) groups excluding carboxylic acids is 2. The van der Waals surface area contributed by atoms with Crippen LogP contribution in [-0.2, 0) is 20.7 Å². The van der Waals surface area contributed by atoms with Crippen LogP contribution in [0.15, 0.2) is 18.2 Å². The molecule has 24 heavy (non-hydrogen) atoms. The van der Waals surface area contributed by atoms with Crippen molar-refractivity contribution in [3.63, 3.8) is 0 Å². The highest BCUT2D eigenvalue weighted by atomic mass is 16.6. The predicted octanol–water partition coefficient (Wildman–Crippen LogP) is 0.908. The molecule has 0 aromatic heterocycles. The first-order valence-corrected chi connectivity index (χ1v) is 8.21. The van der Waals surface area contributed by atoms with Crippen LogP contribution in [0.3, 0.4) is 0 Å². The van der Waals surface area contributed by atoms with Gasteiger partial charge in [0.1, 0.15) is 6.10 Å². The molecule has 7 nitrogen and oxygen atoms in total. The summed E-state index contributed by atoms with van der Waals surface area (Å²) >= 11 is 0. The second-order valence-electron chi connectivity index (χ2n) is 6.58. The molecule has 0 aliphatic carbocycles. The lowest BCUT2D eigenvalue weighted by atomic mass is 10.0. The number of hydrogen-bond donors (Lipinski definition) is 1. The fraction of sp³-hybridized carbons (Fsp3) is 0.529. The van der Waals surface area contributed by atoms with Crippen LogP contribution < -0.4 is 15.1 Å². The van der Waals surface area contributed by atoms with E-state index < -0.39 is 0 Å². The predicted molar refractivity (Wildman–Crippen MR) is 88.4 cm³/mol. The number of rotatable bonds is 4. The van der Waals surface area contributed by atoms with Gasteiger partial charge in [0.15, 0.2) is 0 Å². The van der Waals surface area contributed by atoms with Gasteiger partial charge >= 0.3 is 6.09 Å². The number of benzene rings is 1. The van der Waals surface area contributed by atoms with E-state index in [4.69, 9.17) is 9.47 Å². The number of fused-ring (bicyclic) bond motifs is 3. The Labute approximate surface area is 140 Å². The van der Waals surface area contributed by atoms with Gasteiger partial charge in [0.25, 0.3) is 0 Å². The fourth-order valence-electron chi connectivity index (χ4n) is 3.68. The van der Waals surface area contributed by atoms with E-state index >= 15 is 0 Å². The van der Waals surface area contributed by atoms with Crippen molar-refractivity contribution in [2.45, 2.75) is 31.6 Å². The van der Waals surface area contributed by atoms with E-state index in [1.807, 2.05) is 12.1 Å². The smallest absolute Gasteiger partial charge is 0.415 e. The van der Waals surface area contributed by atoms with Crippen LogP contribution in [0.5, 0.6) is 0 Å². The summed E-state index contributed by atoms with van der Waals surface area (Å²) in [6.07, 6.45) is 0.420. The summed E-state index contributed by atoms with van der Waals surface area (Å²) in [6.45, 7) is 3.61. The van der Waals surface area contributed by atoms with Crippen molar-refractivity contribution in [1.29, 1.82) is 0 Å². The molecule has 4 rings (SSSR count). The summed E-state index contributed by atoms with van der Waals surface area (Å²) in [5, 5.41) is 2.74. The summed E-state index contributed by atoms with van der Waals surface area (Å²) in [6, 6.07) is 6.15. The Balaban J connectivity index is 1.51. The van der Waals surface area contributed by atoms with Crippen molar-refractivity contribution in [2.75, 3.05) is 36.5 Å². The molecule has 1 aromatic carbocycles. The van der Waals surface area contributed by atoms with Gasteiger partial charge in [-0.15, -0.1) is 0 Å². The first-order chi connectivity index (χ1) is 11.6. The van der Waals surface area contributed by atoms with Gasteiger partial charge in [-0.25, -0.2) is 4.79 Å². The molecule has 3 heterocycles. The number of nitrogens with zero attached hydrogens (tertiary/aromatic N) is 2. The summed E-state index contributed by atoms with van der Waals surface area (Å²) in [5.41, 5.74) is 3.24. The van der Waals surface area contributed by atoms with E-state index in [0.29, 0.717) is 12.6 Å². The molecule has 2 saturated heterocycles. The average Bonchev–Trinajstić information content (AvgIpc) is 3.01. The molecule has 0 saturated carbocycles. The van der Waals surface area contributed by atoms with Gasteiger partial charge in [-0.3, -0.25) is 9.69 Å². The molecule has 0 radical (unpaired) electrons. The topological polar surface area (TPSA) is 71.1 Å². The molecular weight excluding hydrogens is 310 g/mol. The SMILES string of the molecule is COC1CN(c2ccc3c(c2)C[C@H]2C(CNC(C)=O)OC(=O)N32)C1. The first kappa shape index (κ1) is 15.3. The first-order valence-electron chi connectivity index (χ1n) is 8.21. The Morgan fingerprint density at radius 3 is 2.92 bits per heavy atom. The zero-order valence-corrected chi connectivity index (χ0v) is 13.8. The van der Waals surface area contributed by atoms with Gasteiger partial charge in [0.05, 0.1) is 24.4 Å². The van der Waals surface area contributed by atoms with Crippen LogP contribution in [0, 0.1) is 0 Å². The third-order valence-electron chi connectivity index (χ3n) is 5.06. The standard InChI is InChI=1S/C17H21N3O4/c1-10(21)18-7-16-15-6-11-5-12(19-8-13(9-19)23-2)3-4-14(11)20(15)17(22)24-16/h3-5,13,15-16H,6-9H2,1-2H3,(H,18,21)/t15-,16?/m0/s1. The van der Waals surface area contributed by atoms with E-state index in [-0.39, 0.29) is 24.1 Å². The van der Waals surface area contributed by atoms with Crippen LogP contribution in [0.1, 0.15) is 12.5 Å². The molecule has 2 amide bonds. The zero-order valence-electron chi connectivity index (χ0n) is 13.8. The number of hydrogen-bond acceptors (Lipinski definition) is 5. The van der Waals surface area contributed by atoms with Gasteiger partial charge in [0.2, 0.25) is 5.91 Å². The number of nitrogens with one attached hydrogen (secondary N) is 1. The van der Waals surface area contributed by atoms with Crippen LogP contribution >= 0.6 is 0 Å². The average molecular weight is 331 g/mol. The number of amides is 2. The molecule has 2 atom stereocenters. The molecule has 7 heteroatoms. The van der Waals surface area contributed by atoms with Gasteiger partial charge in [-0.2, -0.15) is 0 Å². The third kappa shape index (κ3) is 2.39. The summed E-state index contributed by atoms with van der Waals surface area (Å²) in [5.74, 6) is -0.118. The monoisotopic (exact) mass is 331 g/mol. The second-order valence-corrected chi connectivity index (χ2v) is 6.58.